The van der Waals surface area contributed by atoms with E-state index in [9.17, 15) is 13.2 Å². The highest BCUT2D eigenvalue weighted by atomic mass is 32.2. The Morgan fingerprint density at radius 1 is 1.27 bits per heavy atom. The largest absolute Gasteiger partial charge is 0.480 e. The highest BCUT2D eigenvalue weighted by molar-refractivity contribution is 7.89. The maximum atomic E-state index is 12.9. The lowest BCUT2D eigenvalue weighted by Gasteiger charge is -2.35. The molecule has 9 heteroatoms. The number of aliphatic carboxylic acids is 1. The van der Waals surface area contributed by atoms with Gasteiger partial charge in [0.2, 0.25) is 10.0 Å². The van der Waals surface area contributed by atoms with Crippen LogP contribution in [-0.4, -0.2) is 71.2 Å². The van der Waals surface area contributed by atoms with Gasteiger partial charge in [0.05, 0.1) is 24.6 Å². The van der Waals surface area contributed by atoms with Crippen molar-refractivity contribution in [3.63, 3.8) is 0 Å². The molecule has 1 aliphatic rings. The van der Waals surface area contributed by atoms with Crippen molar-refractivity contribution in [2.75, 3.05) is 26.7 Å². The van der Waals surface area contributed by atoms with Crippen LogP contribution in [0.3, 0.4) is 0 Å². The molecule has 1 aliphatic heterocycles. The number of likely N-dealkylation sites (N-methyl/N-ethyl adjacent to an activating group) is 1. The summed E-state index contributed by atoms with van der Waals surface area (Å²) in [6.45, 7) is 0.697. The maximum Gasteiger partial charge on any atom is 0.317 e. The van der Waals surface area contributed by atoms with E-state index in [1.54, 1.807) is 16.6 Å². The number of aromatic nitrogens is 2. The smallest absolute Gasteiger partial charge is 0.317 e. The highest BCUT2D eigenvalue weighted by Crippen LogP contribution is 2.23. The summed E-state index contributed by atoms with van der Waals surface area (Å²) in [7, 11) is -1.85. The van der Waals surface area contributed by atoms with Gasteiger partial charge in [-0.3, -0.25) is 9.69 Å². The average Bonchev–Trinajstić information content (AvgIpc) is 3.13. The van der Waals surface area contributed by atoms with E-state index in [2.05, 4.69) is 5.10 Å². The Labute approximate surface area is 152 Å². The first-order chi connectivity index (χ1) is 12.4. The zero-order chi connectivity index (χ0) is 18.7. The fourth-order valence-corrected chi connectivity index (χ4v) is 4.58. The predicted molar refractivity (Wildman–Crippen MR) is 95.6 cm³/mol. The fraction of sp³-hybridized carbons (Fsp3) is 0.412. The van der Waals surface area contributed by atoms with Crippen LogP contribution in [0.5, 0.6) is 0 Å². The number of hydrogen-bond donors (Lipinski definition) is 1. The van der Waals surface area contributed by atoms with Gasteiger partial charge in [-0.2, -0.15) is 9.40 Å². The second-order valence-electron chi connectivity index (χ2n) is 6.40. The number of sulfonamides is 1. The summed E-state index contributed by atoms with van der Waals surface area (Å²) in [6.07, 6.45) is 4.10. The second-order valence-corrected chi connectivity index (χ2v) is 8.34. The fourth-order valence-electron chi connectivity index (χ4n) is 3.18. The molecule has 8 nitrogen and oxygen atoms in total. The second kappa shape index (κ2) is 7.56. The summed E-state index contributed by atoms with van der Waals surface area (Å²) in [6, 6.07) is 9.40. The molecule has 1 aromatic heterocycles. The molecule has 0 aliphatic carbocycles. The SMILES string of the molecule is CN(CC(=O)O)C1CCN(S(=O)(=O)c2cnn(-c3ccccc3)c2)CC1. The van der Waals surface area contributed by atoms with Gasteiger partial charge in [0.1, 0.15) is 4.90 Å². The molecule has 0 atom stereocenters. The van der Waals surface area contributed by atoms with E-state index < -0.39 is 16.0 Å². The molecule has 0 amide bonds. The average molecular weight is 378 g/mol. The van der Waals surface area contributed by atoms with Gasteiger partial charge < -0.3 is 5.11 Å². The number of carbonyl (C=O) groups is 1. The van der Waals surface area contributed by atoms with Crippen molar-refractivity contribution in [1.82, 2.24) is 19.0 Å². The molecule has 1 fully saturated rings. The first-order valence-corrected chi connectivity index (χ1v) is 9.84. The summed E-state index contributed by atoms with van der Waals surface area (Å²) in [5.74, 6) is -0.879. The lowest BCUT2D eigenvalue weighted by Crippen LogP contribution is -2.46. The Morgan fingerprint density at radius 3 is 2.54 bits per heavy atom. The van der Waals surface area contributed by atoms with Gasteiger partial charge in [-0.1, -0.05) is 18.2 Å². The normalized spacial score (nSPS) is 16.8. The molecular formula is C17H22N4O4S. The van der Waals surface area contributed by atoms with Crippen LogP contribution in [0.15, 0.2) is 47.6 Å². The first kappa shape index (κ1) is 18.6. The highest BCUT2D eigenvalue weighted by Gasteiger charge is 2.32. The third kappa shape index (κ3) is 3.95. The molecule has 2 aromatic rings. The molecule has 0 spiro atoms. The number of carboxylic acid groups (broad SMARTS) is 1. The minimum atomic E-state index is -3.61. The number of hydrogen-bond acceptors (Lipinski definition) is 5. The number of para-hydroxylation sites is 1. The van der Waals surface area contributed by atoms with Crippen molar-refractivity contribution >= 4 is 16.0 Å². The van der Waals surface area contributed by atoms with Crippen LogP contribution < -0.4 is 0 Å². The van der Waals surface area contributed by atoms with Gasteiger partial charge in [0, 0.05) is 19.1 Å². The molecule has 1 saturated heterocycles. The van der Waals surface area contributed by atoms with E-state index in [4.69, 9.17) is 5.11 Å². The summed E-state index contributed by atoms with van der Waals surface area (Å²) in [4.78, 5) is 12.8. The molecule has 2 heterocycles. The lowest BCUT2D eigenvalue weighted by molar-refractivity contribution is -0.138. The summed E-state index contributed by atoms with van der Waals surface area (Å²) < 4.78 is 28.7. The first-order valence-electron chi connectivity index (χ1n) is 8.40. The topological polar surface area (TPSA) is 95.7 Å². The van der Waals surface area contributed by atoms with Gasteiger partial charge in [0.15, 0.2) is 0 Å². The summed E-state index contributed by atoms with van der Waals surface area (Å²) in [5, 5.41) is 13.0. The van der Waals surface area contributed by atoms with Crippen LogP contribution in [0, 0.1) is 0 Å². The number of benzene rings is 1. The monoisotopic (exact) mass is 378 g/mol. The number of carboxylic acids is 1. The Kier molecular flexibility index (Phi) is 5.40. The molecule has 1 aromatic carbocycles. The summed E-state index contributed by atoms with van der Waals surface area (Å²) in [5.41, 5.74) is 0.794. The van der Waals surface area contributed by atoms with Gasteiger partial charge >= 0.3 is 5.97 Å². The zero-order valence-corrected chi connectivity index (χ0v) is 15.3. The Hall–Kier alpha value is -2.23. The zero-order valence-electron chi connectivity index (χ0n) is 14.5. The number of rotatable bonds is 6. The minimum Gasteiger partial charge on any atom is -0.480 e. The van der Waals surface area contributed by atoms with E-state index in [0.717, 1.165) is 5.69 Å². The van der Waals surface area contributed by atoms with Crippen molar-refractivity contribution < 1.29 is 18.3 Å². The molecule has 3 rings (SSSR count). The van der Waals surface area contributed by atoms with Crippen molar-refractivity contribution in [3.05, 3.63) is 42.7 Å². The predicted octanol–water partition coefficient (Wildman–Crippen LogP) is 1.04. The van der Waals surface area contributed by atoms with Crippen molar-refractivity contribution in [2.45, 2.75) is 23.8 Å². The number of nitrogens with zero attached hydrogens (tertiary/aromatic N) is 4. The third-order valence-electron chi connectivity index (χ3n) is 4.65. The number of piperidine rings is 1. The van der Waals surface area contributed by atoms with E-state index in [0.29, 0.717) is 25.9 Å². The molecule has 26 heavy (non-hydrogen) atoms. The lowest BCUT2D eigenvalue weighted by atomic mass is 10.1. The van der Waals surface area contributed by atoms with Crippen LogP contribution in [0.1, 0.15) is 12.8 Å². The maximum absolute atomic E-state index is 12.9. The van der Waals surface area contributed by atoms with E-state index >= 15 is 0 Å². The summed E-state index contributed by atoms with van der Waals surface area (Å²) >= 11 is 0. The Morgan fingerprint density at radius 2 is 1.92 bits per heavy atom. The van der Waals surface area contributed by atoms with Gasteiger partial charge in [-0.05, 0) is 32.0 Å². The Balaban J connectivity index is 1.68. The van der Waals surface area contributed by atoms with E-state index in [1.165, 1.54) is 16.7 Å². The van der Waals surface area contributed by atoms with Crippen LogP contribution in [0.25, 0.3) is 5.69 Å². The van der Waals surface area contributed by atoms with Crippen molar-refractivity contribution in [2.24, 2.45) is 0 Å². The Bertz CT molecular complexity index is 858. The molecular weight excluding hydrogens is 356 g/mol. The van der Waals surface area contributed by atoms with Crippen LogP contribution in [0.4, 0.5) is 0 Å². The van der Waals surface area contributed by atoms with Gasteiger partial charge in [-0.15, -0.1) is 0 Å². The minimum absolute atomic E-state index is 0.0404. The quantitative estimate of drug-likeness (QED) is 0.807. The molecule has 0 radical (unpaired) electrons. The van der Waals surface area contributed by atoms with Gasteiger partial charge in [-0.25, -0.2) is 13.1 Å². The van der Waals surface area contributed by atoms with Crippen LogP contribution >= 0.6 is 0 Å². The van der Waals surface area contributed by atoms with Crippen LogP contribution in [-0.2, 0) is 14.8 Å². The van der Waals surface area contributed by atoms with E-state index in [-0.39, 0.29) is 17.5 Å². The molecule has 0 bridgehead atoms. The molecule has 140 valence electrons. The van der Waals surface area contributed by atoms with E-state index in [1.807, 2.05) is 30.3 Å². The van der Waals surface area contributed by atoms with Crippen LogP contribution in [0.2, 0.25) is 0 Å². The third-order valence-corrected chi connectivity index (χ3v) is 6.50. The van der Waals surface area contributed by atoms with Crippen molar-refractivity contribution in [3.8, 4) is 5.69 Å². The standard InChI is InChI=1S/C17H22N4O4S/c1-19(13-17(22)23)14-7-9-20(10-8-14)26(24,25)16-11-18-21(12-16)15-5-3-2-4-6-15/h2-6,11-12,14H,7-10,13H2,1H3,(H,22,23). The van der Waals surface area contributed by atoms with Crippen molar-refractivity contribution in [1.29, 1.82) is 0 Å². The molecule has 1 N–H and O–H groups in total. The molecule has 0 unspecified atom stereocenters. The molecule has 0 saturated carbocycles. The van der Waals surface area contributed by atoms with Gasteiger partial charge in [0.25, 0.3) is 0 Å².